The first-order valence-corrected chi connectivity index (χ1v) is 5.70. The molecule has 3 nitrogen and oxygen atoms in total. The molecule has 2 N–H and O–H groups in total. The molecule has 0 radical (unpaired) electrons. The van der Waals surface area contributed by atoms with Gasteiger partial charge in [0.15, 0.2) is 0 Å². The maximum atomic E-state index is 9.13. The van der Waals surface area contributed by atoms with Crippen LogP contribution >= 0.6 is 0 Å². The third-order valence-electron chi connectivity index (χ3n) is 3.20. The van der Waals surface area contributed by atoms with Crippen molar-refractivity contribution in [2.75, 3.05) is 13.2 Å². The SMILES string of the molecule is Cc1ccc(B(O)O)cc1C[C@H]1CCOC1. The van der Waals surface area contributed by atoms with Crippen molar-refractivity contribution in [2.45, 2.75) is 19.8 Å². The van der Waals surface area contributed by atoms with Crippen LogP contribution in [0.15, 0.2) is 18.2 Å². The Balaban J connectivity index is 2.14. The van der Waals surface area contributed by atoms with Crippen LogP contribution in [0.25, 0.3) is 0 Å². The Hall–Kier alpha value is -0.835. The average molecular weight is 220 g/mol. The fourth-order valence-electron chi connectivity index (χ4n) is 2.13. The highest BCUT2D eigenvalue weighted by Gasteiger charge is 2.18. The summed E-state index contributed by atoms with van der Waals surface area (Å²) >= 11 is 0. The van der Waals surface area contributed by atoms with Gasteiger partial charge in [-0.25, -0.2) is 0 Å². The summed E-state index contributed by atoms with van der Waals surface area (Å²) < 4.78 is 5.35. The van der Waals surface area contributed by atoms with Crippen molar-refractivity contribution in [3.8, 4) is 0 Å². The Morgan fingerprint density at radius 2 is 2.25 bits per heavy atom. The van der Waals surface area contributed by atoms with Crippen molar-refractivity contribution in [3.63, 3.8) is 0 Å². The van der Waals surface area contributed by atoms with Gasteiger partial charge in [0.2, 0.25) is 0 Å². The minimum Gasteiger partial charge on any atom is -0.423 e. The van der Waals surface area contributed by atoms with Gasteiger partial charge in [-0.15, -0.1) is 0 Å². The van der Waals surface area contributed by atoms with E-state index in [2.05, 4.69) is 6.92 Å². The Labute approximate surface area is 96.2 Å². The second kappa shape index (κ2) is 5.00. The molecule has 1 heterocycles. The van der Waals surface area contributed by atoms with E-state index in [-0.39, 0.29) is 0 Å². The summed E-state index contributed by atoms with van der Waals surface area (Å²) in [5.41, 5.74) is 2.97. The van der Waals surface area contributed by atoms with Crippen LogP contribution in [-0.2, 0) is 11.2 Å². The van der Waals surface area contributed by atoms with Gasteiger partial charge in [-0.2, -0.15) is 0 Å². The predicted octanol–water partition coefficient (Wildman–Crippen LogP) is 0.254. The van der Waals surface area contributed by atoms with Gasteiger partial charge in [0.25, 0.3) is 0 Å². The van der Waals surface area contributed by atoms with Gasteiger partial charge in [-0.05, 0) is 42.3 Å². The van der Waals surface area contributed by atoms with E-state index in [9.17, 15) is 0 Å². The van der Waals surface area contributed by atoms with Gasteiger partial charge in [-0.3, -0.25) is 0 Å². The van der Waals surface area contributed by atoms with E-state index in [1.807, 2.05) is 12.1 Å². The van der Waals surface area contributed by atoms with E-state index in [4.69, 9.17) is 14.8 Å². The van der Waals surface area contributed by atoms with Crippen LogP contribution < -0.4 is 5.46 Å². The van der Waals surface area contributed by atoms with Crippen molar-refractivity contribution in [2.24, 2.45) is 5.92 Å². The highest BCUT2D eigenvalue weighted by Crippen LogP contribution is 2.19. The summed E-state index contributed by atoms with van der Waals surface area (Å²) in [4.78, 5) is 0. The molecule has 0 aliphatic carbocycles. The molecular weight excluding hydrogens is 203 g/mol. The summed E-state index contributed by atoms with van der Waals surface area (Å²) in [5, 5.41) is 18.3. The molecule has 1 aliphatic heterocycles. The smallest absolute Gasteiger partial charge is 0.423 e. The summed E-state index contributed by atoms with van der Waals surface area (Å²) in [5.74, 6) is 0.574. The molecule has 1 aliphatic rings. The zero-order valence-electron chi connectivity index (χ0n) is 9.52. The molecule has 0 spiro atoms. The lowest BCUT2D eigenvalue weighted by molar-refractivity contribution is 0.186. The maximum Gasteiger partial charge on any atom is 0.488 e. The Kier molecular flexibility index (Phi) is 3.64. The van der Waals surface area contributed by atoms with Crippen molar-refractivity contribution >= 4 is 12.6 Å². The largest absolute Gasteiger partial charge is 0.488 e. The van der Waals surface area contributed by atoms with E-state index in [0.717, 1.165) is 26.1 Å². The number of hydrogen-bond acceptors (Lipinski definition) is 3. The zero-order valence-corrected chi connectivity index (χ0v) is 9.52. The van der Waals surface area contributed by atoms with E-state index in [1.54, 1.807) is 6.07 Å². The maximum absolute atomic E-state index is 9.13. The molecule has 0 aromatic heterocycles. The minimum atomic E-state index is -1.38. The molecule has 0 unspecified atom stereocenters. The molecule has 1 aromatic rings. The number of benzene rings is 1. The standard InChI is InChI=1S/C12H17BO3/c1-9-2-3-12(13(14)15)7-11(9)6-10-4-5-16-8-10/h2-3,7,10,14-15H,4-6,8H2,1H3/t10-/m1/s1. The van der Waals surface area contributed by atoms with Crippen LogP contribution in [0.5, 0.6) is 0 Å². The molecular formula is C12H17BO3. The fraction of sp³-hybridized carbons (Fsp3) is 0.500. The van der Waals surface area contributed by atoms with Crippen LogP contribution in [0.3, 0.4) is 0 Å². The van der Waals surface area contributed by atoms with Crippen molar-refractivity contribution in [3.05, 3.63) is 29.3 Å². The van der Waals surface area contributed by atoms with Gasteiger partial charge in [0, 0.05) is 13.2 Å². The van der Waals surface area contributed by atoms with Gasteiger partial charge in [-0.1, -0.05) is 18.2 Å². The monoisotopic (exact) mass is 220 g/mol. The number of aryl methyl sites for hydroxylation is 1. The molecule has 16 heavy (non-hydrogen) atoms. The van der Waals surface area contributed by atoms with Gasteiger partial charge in [0.05, 0.1) is 0 Å². The van der Waals surface area contributed by atoms with E-state index >= 15 is 0 Å². The Bertz CT molecular complexity index is 359. The second-order valence-corrected chi connectivity index (χ2v) is 4.49. The molecule has 4 heteroatoms. The van der Waals surface area contributed by atoms with E-state index in [0.29, 0.717) is 11.4 Å². The summed E-state index contributed by atoms with van der Waals surface area (Å²) in [6.45, 7) is 3.73. The molecule has 1 atom stereocenters. The number of rotatable bonds is 3. The zero-order chi connectivity index (χ0) is 11.5. The Morgan fingerprint density at radius 3 is 2.88 bits per heavy atom. The van der Waals surface area contributed by atoms with Crippen molar-refractivity contribution in [1.29, 1.82) is 0 Å². The normalized spacial score (nSPS) is 20.1. The third-order valence-corrected chi connectivity index (χ3v) is 3.20. The predicted molar refractivity (Wildman–Crippen MR) is 63.6 cm³/mol. The summed E-state index contributed by atoms with van der Waals surface area (Å²) in [6, 6.07) is 5.59. The van der Waals surface area contributed by atoms with Crippen molar-refractivity contribution in [1.82, 2.24) is 0 Å². The molecule has 1 fully saturated rings. The first kappa shape index (κ1) is 11.6. The van der Waals surface area contributed by atoms with Gasteiger partial charge >= 0.3 is 7.12 Å². The lowest BCUT2D eigenvalue weighted by Gasteiger charge is -2.12. The molecule has 1 saturated heterocycles. The number of hydrogen-bond donors (Lipinski definition) is 2. The van der Waals surface area contributed by atoms with Crippen LogP contribution in [-0.4, -0.2) is 30.4 Å². The topological polar surface area (TPSA) is 49.7 Å². The van der Waals surface area contributed by atoms with Crippen LogP contribution in [0, 0.1) is 12.8 Å². The molecule has 1 aromatic carbocycles. The Morgan fingerprint density at radius 1 is 1.44 bits per heavy atom. The molecule has 0 amide bonds. The summed E-state index contributed by atoms with van der Waals surface area (Å²) in [6.07, 6.45) is 2.07. The van der Waals surface area contributed by atoms with Crippen LogP contribution in [0.1, 0.15) is 17.5 Å². The lowest BCUT2D eigenvalue weighted by Crippen LogP contribution is -2.30. The van der Waals surface area contributed by atoms with Crippen LogP contribution in [0.4, 0.5) is 0 Å². The van der Waals surface area contributed by atoms with E-state index in [1.165, 1.54) is 11.1 Å². The van der Waals surface area contributed by atoms with E-state index < -0.39 is 7.12 Å². The molecule has 0 bridgehead atoms. The first-order chi connectivity index (χ1) is 7.66. The highest BCUT2D eigenvalue weighted by atomic mass is 16.5. The van der Waals surface area contributed by atoms with Crippen molar-refractivity contribution < 1.29 is 14.8 Å². The van der Waals surface area contributed by atoms with Gasteiger partial charge < -0.3 is 14.8 Å². The lowest BCUT2D eigenvalue weighted by atomic mass is 9.78. The molecule has 0 saturated carbocycles. The van der Waals surface area contributed by atoms with Crippen LogP contribution in [0.2, 0.25) is 0 Å². The molecule has 2 rings (SSSR count). The first-order valence-electron chi connectivity index (χ1n) is 5.70. The third kappa shape index (κ3) is 2.64. The minimum absolute atomic E-state index is 0.569. The average Bonchev–Trinajstić information content (AvgIpc) is 2.73. The fourth-order valence-corrected chi connectivity index (χ4v) is 2.13. The number of ether oxygens (including phenoxy) is 1. The quantitative estimate of drug-likeness (QED) is 0.718. The van der Waals surface area contributed by atoms with Gasteiger partial charge in [0.1, 0.15) is 0 Å². The summed E-state index contributed by atoms with van der Waals surface area (Å²) in [7, 11) is -1.38. The molecule has 86 valence electrons. The highest BCUT2D eigenvalue weighted by molar-refractivity contribution is 6.58. The second-order valence-electron chi connectivity index (χ2n) is 4.49.